The summed E-state index contributed by atoms with van der Waals surface area (Å²) in [5, 5.41) is 3.55. The van der Waals surface area contributed by atoms with Crippen molar-refractivity contribution >= 4 is 5.91 Å². The quantitative estimate of drug-likeness (QED) is 0.678. The predicted molar refractivity (Wildman–Crippen MR) is 53.0 cm³/mol. The molecule has 4 heteroatoms. The van der Waals surface area contributed by atoms with Crippen molar-refractivity contribution in [3.05, 3.63) is 0 Å². The summed E-state index contributed by atoms with van der Waals surface area (Å²) in [5.74, 6) is 0.127. The minimum Gasteiger partial charge on any atom is -0.375 e. The fourth-order valence-corrected chi connectivity index (χ4v) is 2.38. The van der Waals surface area contributed by atoms with Gasteiger partial charge >= 0.3 is 0 Å². The van der Waals surface area contributed by atoms with Crippen LogP contribution in [0.4, 0.5) is 0 Å². The molecule has 2 unspecified atom stereocenters. The molecule has 4 nitrogen and oxygen atoms in total. The smallest absolute Gasteiger partial charge is 0.248 e. The molecule has 0 saturated carbocycles. The van der Waals surface area contributed by atoms with E-state index in [0.29, 0.717) is 12.1 Å². The molecule has 0 aromatic rings. The van der Waals surface area contributed by atoms with Crippen LogP contribution in [0.15, 0.2) is 0 Å². The van der Waals surface area contributed by atoms with E-state index in [-0.39, 0.29) is 12.5 Å². The van der Waals surface area contributed by atoms with Gasteiger partial charge in [-0.2, -0.15) is 0 Å². The lowest BCUT2D eigenvalue weighted by atomic mass is 10.1. The first-order valence-electron chi connectivity index (χ1n) is 5.32. The van der Waals surface area contributed by atoms with E-state index < -0.39 is 0 Å². The molecule has 2 atom stereocenters. The maximum absolute atomic E-state index is 11.6. The maximum atomic E-state index is 11.6. The molecule has 2 aliphatic rings. The van der Waals surface area contributed by atoms with E-state index in [1.54, 1.807) is 7.11 Å². The summed E-state index contributed by atoms with van der Waals surface area (Å²) >= 11 is 0. The Bertz CT molecular complexity index is 220. The van der Waals surface area contributed by atoms with Crippen LogP contribution in [0.5, 0.6) is 0 Å². The number of rotatable bonds is 2. The van der Waals surface area contributed by atoms with Gasteiger partial charge in [-0.05, 0) is 19.3 Å². The highest BCUT2D eigenvalue weighted by Gasteiger charge is 2.30. The van der Waals surface area contributed by atoms with Gasteiger partial charge in [0.15, 0.2) is 0 Å². The Morgan fingerprint density at radius 1 is 1.43 bits per heavy atom. The van der Waals surface area contributed by atoms with Gasteiger partial charge in [0, 0.05) is 32.3 Å². The molecule has 14 heavy (non-hydrogen) atoms. The summed E-state index contributed by atoms with van der Waals surface area (Å²) in [6.07, 6.45) is 3.57. The molecule has 2 heterocycles. The number of nitrogens with one attached hydrogen (secondary N) is 1. The van der Waals surface area contributed by atoms with Crippen LogP contribution in [0.3, 0.4) is 0 Å². The van der Waals surface area contributed by atoms with Crippen LogP contribution < -0.4 is 5.32 Å². The number of carbonyl (C=O) groups is 1. The van der Waals surface area contributed by atoms with E-state index in [1.807, 2.05) is 4.90 Å². The third kappa shape index (κ3) is 2.07. The highest BCUT2D eigenvalue weighted by Crippen LogP contribution is 2.20. The largest absolute Gasteiger partial charge is 0.375 e. The molecule has 2 bridgehead atoms. The number of methoxy groups -OCH3 is 1. The lowest BCUT2D eigenvalue weighted by molar-refractivity contribution is -0.135. The van der Waals surface area contributed by atoms with Crippen molar-refractivity contribution in [1.82, 2.24) is 10.2 Å². The first-order chi connectivity index (χ1) is 6.79. The number of amides is 1. The number of nitrogens with zero attached hydrogens (tertiary/aromatic N) is 1. The second kappa shape index (κ2) is 4.28. The Hall–Kier alpha value is -0.610. The van der Waals surface area contributed by atoms with E-state index in [1.165, 1.54) is 12.8 Å². The van der Waals surface area contributed by atoms with Gasteiger partial charge in [0.25, 0.3) is 0 Å². The Morgan fingerprint density at radius 2 is 2.21 bits per heavy atom. The number of carbonyl (C=O) groups excluding carboxylic acids is 1. The van der Waals surface area contributed by atoms with Crippen LogP contribution in [0.25, 0.3) is 0 Å². The summed E-state index contributed by atoms with van der Waals surface area (Å²) < 4.78 is 4.87. The van der Waals surface area contributed by atoms with Crippen LogP contribution >= 0.6 is 0 Å². The molecule has 0 aliphatic carbocycles. The summed E-state index contributed by atoms with van der Waals surface area (Å²) in [4.78, 5) is 13.5. The SMILES string of the molecule is COCC(=O)N1CCC2CCC(C1)N2. The first kappa shape index (κ1) is 9.93. The van der Waals surface area contributed by atoms with Crippen LogP contribution in [-0.4, -0.2) is 49.7 Å². The van der Waals surface area contributed by atoms with Crippen LogP contribution in [0, 0.1) is 0 Å². The minimum atomic E-state index is 0.127. The average Bonchev–Trinajstić information content (AvgIpc) is 2.46. The number of fused-ring (bicyclic) bond motifs is 2. The minimum absolute atomic E-state index is 0.127. The van der Waals surface area contributed by atoms with Gasteiger partial charge in [-0.25, -0.2) is 0 Å². The van der Waals surface area contributed by atoms with E-state index in [4.69, 9.17) is 4.74 Å². The second-order valence-corrected chi connectivity index (χ2v) is 4.20. The Labute approximate surface area is 84.6 Å². The van der Waals surface area contributed by atoms with E-state index in [2.05, 4.69) is 5.32 Å². The maximum Gasteiger partial charge on any atom is 0.248 e. The van der Waals surface area contributed by atoms with Crippen molar-refractivity contribution in [3.63, 3.8) is 0 Å². The third-order valence-electron chi connectivity index (χ3n) is 3.14. The molecule has 1 amide bonds. The summed E-state index contributed by atoms with van der Waals surface area (Å²) in [6.45, 7) is 1.96. The first-order valence-corrected chi connectivity index (χ1v) is 5.32. The summed E-state index contributed by atoms with van der Waals surface area (Å²) in [7, 11) is 1.57. The van der Waals surface area contributed by atoms with Crippen LogP contribution in [0.2, 0.25) is 0 Å². The average molecular weight is 198 g/mol. The molecule has 80 valence electrons. The van der Waals surface area contributed by atoms with E-state index >= 15 is 0 Å². The molecule has 2 fully saturated rings. The van der Waals surface area contributed by atoms with Gasteiger partial charge in [0.1, 0.15) is 6.61 Å². The predicted octanol–water partition coefficient (Wildman–Crippen LogP) is -0.0143. The zero-order chi connectivity index (χ0) is 9.97. The van der Waals surface area contributed by atoms with Crippen LogP contribution in [0.1, 0.15) is 19.3 Å². The van der Waals surface area contributed by atoms with Crippen molar-refractivity contribution in [3.8, 4) is 0 Å². The van der Waals surface area contributed by atoms with Crippen LogP contribution in [-0.2, 0) is 9.53 Å². The number of hydrogen-bond donors (Lipinski definition) is 1. The van der Waals surface area contributed by atoms with Gasteiger partial charge in [-0.3, -0.25) is 4.79 Å². The molecular formula is C10H18N2O2. The zero-order valence-corrected chi connectivity index (χ0v) is 8.66. The van der Waals surface area contributed by atoms with Gasteiger partial charge in [0.05, 0.1) is 0 Å². The molecule has 2 rings (SSSR count). The summed E-state index contributed by atoms with van der Waals surface area (Å²) in [6, 6.07) is 1.16. The molecular weight excluding hydrogens is 180 g/mol. The van der Waals surface area contributed by atoms with Crippen molar-refractivity contribution in [1.29, 1.82) is 0 Å². The van der Waals surface area contributed by atoms with Crippen molar-refractivity contribution in [2.75, 3.05) is 26.8 Å². The lowest BCUT2D eigenvalue weighted by Gasteiger charge is -2.23. The molecule has 0 aromatic heterocycles. The third-order valence-corrected chi connectivity index (χ3v) is 3.14. The fraction of sp³-hybridized carbons (Fsp3) is 0.900. The molecule has 0 spiro atoms. The highest BCUT2D eigenvalue weighted by atomic mass is 16.5. The van der Waals surface area contributed by atoms with Gasteiger partial charge in [0.2, 0.25) is 5.91 Å². The molecule has 2 aliphatic heterocycles. The standard InChI is InChI=1S/C10H18N2O2/c1-14-7-10(13)12-5-4-8-2-3-9(6-12)11-8/h8-9,11H,2-7H2,1H3. The Morgan fingerprint density at radius 3 is 3.00 bits per heavy atom. The lowest BCUT2D eigenvalue weighted by Crippen LogP contribution is -2.40. The topological polar surface area (TPSA) is 41.6 Å². The Kier molecular flexibility index (Phi) is 3.03. The molecule has 1 N–H and O–H groups in total. The monoisotopic (exact) mass is 198 g/mol. The molecule has 2 saturated heterocycles. The summed E-state index contributed by atoms with van der Waals surface area (Å²) in [5.41, 5.74) is 0. The van der Waals surface area contributed by atoms with Crippen molar-refractivity contribution in [2.45, 2.75) is 31.3 Å². The number of ether oxygens (including phenoxy) is 1. The van der Waals surface area contributed by atoms with Crippen molar-refractivity contribution in [2.24, 2.45) is 0 Å². The number of likely N-dealkylation sites (tertiary alicyclic amines) is 1. The van der Waals surface area contributed by atoms with Gasteiger partial charge < -0.3 is 15.0 Å². The van der Waals surface area contributed by atoms with Gasteiger partial charge in [-0.1, -0.05) is 0 Å². The van der Waals surface area contributed by atoms with Gasteiger partial charge in [-0.15, -0.1) is 0 Å². The molecule has 0 radical (unpaired) electrons. The normalized spacial score (nSPS) is 31.6. The zero-order valence-electron chi connectivity index (χ0n) is 8.66. The number of hydrogen-bond acceptors (Lipinski definition) is 3. The van der Waals surface area contributed by atoms with E-state index in [0.717, 1.165) is 19.5 Å². The fourth-order valence-electron chi connectivity index (χ4n) is 2.38. The van der Waals surface area contributed by atoms with E-state index in [9.17, 15) is 4.79 Å². The second-order valence-electron chi connectivity index (χ2n) is 4.20. The van der Waals surface area contributed by atoms with Crippen molar-refractivity contribution < 1.29 is 9.53 Å². The molecule has 0 aromatic carbocycles. The Balaban J connectivity index is 1.91. The highest BCUT2D eigenvalue weighted by molar-refractivity contribution is 5.77.